The molecule has 0 saturated carbocycles. The molecular weight excluding hydrogens is 292 g/mol. The highest BCUT2D eigenvalue weighted by atomic mass is 35.5. The number of aryl methyl sites for hydroxylation is 2. The molecule has 0 bridgehead atoms. The van der Waals surface area contributed by atoms with Gasteiger partial charge < -0.3 is 10.1 Å². The minimum Gasteiger partial charge on any atom is -0.383 e. The molecule has 6 nitrogen and oxygen atoms in total. The molecule has 1 N–H and O–H groups in total. The first-order valence-electron chi connectivity index (χ1n) is 7.23. The maximum atomic E-state index is 12.0. The number of aromatic nitrogens is 2. The van der Waals surface area contributed by atoms with Gasteiger partial charge in [0.1, 0.15) is 5.15 Å². The molecule has 118 valence electrons. The lowest BCUT2D eigenvalue weighted by Crippen LogP contribution is -2.38. The van der Waals surface area contributed by atoms with Gasteiger partial charge in [-0.05, 0) is 26.3 Å². The first kappa shape index (κ1) is 16.3. The van der Waals surface area contributed by atoms with Crippen LogP contribution in [0.25, 0.3) is 0 Å². The van der Waals surface area contributed by atoms with Gasteiger partial charge in [0.05, 0.1) is 18.8 Å². The van der Waals surface area contributed by atoms with Crippen molar-refractivity contribution in [1.29, 1.82) is 0 Å². The van der Waals surface area contributed by atoms with Gasteiger partial charge in [0, 0.05) is 32.3 Å². The summed E-state index contributed by atoms with van der Waals surface area (Å²) in [5.74, 6) is 0.0246. The Morgan fingerprint density at radius 3 is 2.95 bits per heavy atom. The summed E-state index contributed by atoms with van der Waals surface area (Å²) in [6.45, 7) is 4.34. The topological polar surface area (TPSA) is 59.4 Å². The zero-order valence-electron chi connectivity index (χ0n) is 12.9. The highest BCUT2D eigenvalue weighted by Gasteiger charge is 2.31. The standard InChI is InChI=1S/C14H23ClN4O2/c1-10-13(14(15)18(2)17-10)11-5-4-7-19(11)9-12(20)16-6-8-21-3/h11H,4-9H2,1-3H3,(H,16,20)/t11-/m0/s1. The van der Waals surface area contributed by atoms with Gasteiger partial charge in [-0.2, -0.15) is 5.10 Å². The summed E-state index contributed by atoms with van der Waals surface area (Å²) in [6.07, 6.45) is 2.08. The van der Waals surface area contributed by atoms with Crippen molar-refractivity contribution in [3.05, 3.63) is 16.4 Å². The van der Waals surface area contributed by atoms with Crippen LogP contribution in [0.4, 0.5) is 0 Å². The lowest BCUT2D eigenvalue weighted by atomic mass is 10.1. The molecule has 1 amide bonds. The normalized spacial score (nSPS) is 19.1. The van der Waals surface area contributed by atoms with Gasteiger partial charge in [-0.1, -0.05) is 11.6 Å². The first-order valence-corrected chi connectivity index (χ1v) is 7.61. The van der Waals surface area contributed by atoms with Crippen LogP contribution in [0.2, 0.25) is 5.15 Å². The highest BCUT2D eigenvalue weighted by Crippen LogP contribution is 2.37. The van der Waals surface area contributed by atoms with Crippen LogP contribution in [-0.2, 0) is 16.6 Å². The van der Waals surface area contributed by atoms with E-state index in [0.717, 1.165) is 30.6 Å². The smallest absolute Gasteiger partial charge is 0.234 e. The van der Waals surface area contributed by atoms with Crippen molar-refractivity contribution < 1.29 is 9.53 Å². The number of hydrogen-bond donors (Lipinski definition) is 1. The van der Waals surface area contributed by atoms with Crippen molar-refractivity contribution in [3.63, 3.8) is 0 Å². The maximum absolute atomic E-state index is 12.0. The second-order valence-corrected chi connectivity index (χ2v) is 5.74. The molecule has 0 aromatic carbocycles. The third-order valence-electron chi connectivity index (χ3n) is 3.87. The lowest BCUT2D eigenvalue weighted by Gasteiger charge is -2.24. The predicted molar refractivity (Wildman–Crippen MR) is 81.4 cm³/mol. The Morgan fingerprint density at radius 1 is 1.57 bits per heavy atom. The van der Waals surface area contributed by atoms with Gasteiger partial charge in [-0.3, -0.25) is 14.4 Å². The van der Waals surface area contributed by atoms with Crippen molar-refractivity contribution in [2.24, 2.45) is 7.05 Å². The largest absolute Gasteiger partial charge is 0.383 e. The number of halogens is 1. The first-order chi connectivity index (χ1) is 10.0. The van der Waals surface area contributed by atoms with E-state index in [9.17, 15) is 4.79 Å². The Kier molecular flexibility index (Phi) is 5.61. The van der Waals surface area contributed by atoms with Crippen LogP contribution in [0.15, 0.2) is 0 Å². The van der Waals surface area contributed by atoms with Crippen molar-refractivity contribution >= 4 is 17.5 Å². The molecule has 7 heteroatoms. The zero-order chi connectivity index (χ0) is 15.4. The number of nitrogens with zero attached hydrogens (tertiary/aromatic N) is 3. The Bertz CT molecular complexity index is 503. The Balaban J connectivity index is 2.02. The maximum Gasteiger partial charge on any atom is 0.234 e. The zero-order valence-corrected chi connectivity index (χ0v) is 13.6. The van der Waals surface area contributed by atoms with Crippen molar-refractivity contribution in [1.82, 2.24) is 20.0 Å². The van der Waals surface area contributed by atoms with Gasteiger partial charge in [-0.15, -0.1) is 0 Å². The summed E-state index contributed by atoms with van der Waals surface area (Å²) in [5.41, 5.74) is 2.00. The van der Waals surface area contributed by atoms with Crippen molar-refractivity contribution in [3.8, 4) is 0 Å². The van der Waals surface area contributed by atoms with Crippen molar-refractivity contribution in [2.45, 2.75) is 25.8 Å². The number of nitrogens with one attached hydrogen (secondary N) is 1. The van der Waals surface area contributed by atoms with E-state index in [0.29, 0.717) is 24.8 Å². The molecule has 1 aromatic rings. The fourth-order valence-corrected chi connectivity index (χ4v) is 3.20. The molecule has 0 spiro atoms. The minimum atomic E-state index is 0.0246. The molecule has 1 atom stereocenters. The quantitative estimate of drug-likeness (QED) is 0.804. The number of ether oxygens (including phenoxy) is 1. The van der Waals surface area contributed by atoms with Crippen LogP contribution in [-0.4, -0.2) is 53.9 Å². The Morgan fingerprint density at radius 2 is 2.33 bits per heavy atom. The molecule has 1 fully saturated rings. The molecule has 1 saturated heterocycles. The number of hydrogen-bond acceptors (Lipinski definition) is 4. The number of carbonyl (C=O) groups is 1. The molecule has 21 heavy (non-hydrogen) atoms. The Labute approximate surface area is 130 Å². The summed E-state index contributed by atoms with van der Waals surface area (Å²) < 4.78 is 6.63. The Hall–Kier alpha value is -1.11. The van der Waals surface area contributed by atoms with Gasteiger partial charge in [0.25, 0.3) is 0 Å². The number of carbonyl (C=O) groups excluding carboxylic acids is 1. The van der Waals surface area contributed by atoms with E-state index in [1.54, 1.807) is 11.8 Å². The van der Waals surface area contributed by atoms with Gasteiger partial charge in [-0.25, -0.2) is 0 Å². The highest BCUT2D eigenvalue weighted by molar-refractivity contribution is 6.30. The van der Waals surface area contributed by atoms with Crippen molar-refractivity contribution in [2.75, 3.05) is 33.4 Å². The number of likely N-dealkylation sites (tertiary alicyclic amines) is 1. The third kappa shape index (κ3) is 3.75. The number of methoxy groups -OCH3 is 1. The summed E-state index contributed by atoms with van der Waals surface area (Å²) >= 11 is 6.36. The lowest BCUT2D eigenvalue weighted by molar-refractivity contribution is -0.122. The van der Waals surface area contributed by atoms with Gasteiger partial charge >= 0.3 is 0 Å². The molecule has 1 aliphatic heterocycles. The van der Waals surface area contributed by atoms with Crippen LogP contribution in [0.3, 0.4) is 0 Å². The van der Waals surface area contributed by atoms with E-state index < -0.39 is 0 Å². The molecule has 1 aliphatic rings. The monoisotopic (exact) mass is 314 g/mol. The van der Waals surface area contributed by atoms with E-state index in [1.807, 2.05) is 14.0 Å². The fraction of sp³-hybridized carbons (Fsp3) is 0.714. The molecule has 0 aliphatic carbocycles. The molecular formula is C14H23ClN4O2. The minimum absolute atomic E-state index is 0.0246. The van der Waals surface area contributed by atoms with Crippen LogP contribution in [0.1, 0.15) is 30.1 Å². The van der Waals surface area contributed by atoms with E-state index in [1.165, 1.54) is 0 Å². The SMILES string of the molecule is COCCNC(=O)CN1CCC[C@H]1c1c(C)nn(C)c1Cl. The predicted octanol–water partition coefficient (Wildman–Crippen LogP) is 1.28. The van der Waals surface area contributed by atoms with E-state index in [4.69, 9.17) is 16.3 Å². The fourth-order valence-electron chi connectivity index (χ4n) is 2.90. The summed E-state index contributed by atoms with van der Waals surface area (Å²) in [4.78, 5) is 14.1. The second-order valence-electron chi connectivity index (χ2n) is 5.38. The number of amides is 1. The van der Waals surface area contributed by atoms with Gasteiger partial charge in [0.2, 0.25) is 5.91 Å². The van der Waals surface area contributed by atoms with E-state index in [2.05, 4.69) is 15.3 Å². The van der Waals surface area contributed by atoms with E-state index in [-0.39, 0.29) is 11.9 Å². The van der Waals surface area contributed by atoms with E-state index >= 15 is 0 Å². The molecule has 2 heterocycles. The summed E-state index contributed by atoms with van der Waals surface area (Å²) in [6, 6.07) is 0.180. The van der Waals surface area contributed by atoms with Crippen LogP contribution in [0.5, 0.6) is 0 Å². The summed E-state index contributed by atoms with van der Waals surface area (Å²) in [7, 11) is 3.46. The van der Waals surface area contributed by atoms with Gasteiger partial charge in [0.15, 0.2) is 0 Å². The molecule has 2 rings (SSSR count). The van der Waals surface area contributed by atoms with Crippen LogP contribution < -0.4 is 5.32 Å². The molecule has 1 aromatic heterocycles. The van der Waals surface area contributed by atoms with Crippen LogP contribution in [0, 0.1) is 6.92 Å². The average Bonchev–Trinajstić information content (AvgIpc) is 2.96. The summed E-state index contributed by atoms with van der Waals surface area (Å²) in [5, 5.41) is 7.90. The third-order valence-corrected chi connectivity index (χ3v) is 4.32. The molecule has 0 unspecified atom stereocenters. The molecule has 0 radical (unpaired) electrons. The second kappa shape index (κ2) is 7.24. The average molecular weight is 315 g/mol. The van der Waals surface area contributed by atoms with Crippen LogP contribution >= 0.6 is 11.6 Å². The number of rotatable bonds is 6.